The highest BCUT2D eigenvalue weighted by Crippen LogP contribution is 2.27. The SMILES string of the molecule is CC(C#N)CN(C)c1cc2[nH]ncc2cc1N. The zero-order valence-electron chi connectivity index (χ0n) is 9.94. The summed E-state index contributed by atoms with van der Waals surface area (Å²) < 4.78 is 0. The Hall–Kier alpha value is -2.22. The number of nitrogens with zero attached hydrogens (tertiary/aromatic N) is 3. The predicted octanol–water partition coefficient (Wildman–Crippen LogP) is 1.74. The molecule has 0 aliphatic rings. The second-order valence-corrected chi connectivity index (χ2v) is 4.28. The second kappa shape index (κ2) is 4.34. The maximum Gasteiger partial charge on any atom is 0.0672 e. The number of rotatable bonds is 3. The van der Waals surface area contributed by atoms with Gasteiger partial charge in [0.25, 0.3) is 0 Å². The van der Waals surface area contributed by atoms with Gasteiger partial charge in [-0.2, -0.15) is 10.4 Å². The lowest BCUT2D eigenvalue weighted by Gasteiger charge is -2.22. The fraction of sp³-hybridized carbons (Fsp3) is 0.333. The molecule has 17 heavy (non-hydrogen) atoms. The molecule has 0 spiro atoms. The molecule has 0 fully saturated rings. The van der Waals surface area contributed by atoms with E-state index in [0.717, 1.165) is 16.6 Å². The van der Waals surface area contributed by atoms with E-state index in [1.54, 1.807) is 6.20 Å². The first kappa shape index (κ1) is 11.3. The molecule has 0 radical (unpaired) electrons. The molecule has 0 saturated carbocycles. The van der Waals surface area contributed by atoms with Gasteiger partial charge in [0.05, 0.1) is 35.1 Å². The molecule has 2 aromatic rings. The van der Waals surface area contributed by atoms with Gasteiger partial charge in [-0.25, -0.2) is 0 Å². The Bertz CT molecular complexity index is 566. The normalized spacial score (nSPS) is 12.3. The maximum atomic E-state index is 8.81. The van der Waals surface area contributed by atoms with Gasteiger partial charge < -0.3 is 10.6 Å². The number of nitrogens with two attached hydrogens (primary N) is 1. The molecule has 88 valence electrons. The van der Waals surface area contributed by atoms with Gasteiger partial charge in [0.2, 0.25) is 0 Å². The van der Waals surface area contributed by atoms with Crippen LogP contribution < -0.4 is 10.6 Å². The first-order valence-electron chi connectivity index (χ1n) is 5.45. The fourth-order valence-electron chi connectivity index (χ4n) is 1.88. The number of aromatic amines is 1. The summed E-state index contributed by atoms with van der Waals surface area (Å²) in [5.74, 6) is -0.0307. The van der Waals surface area contributed by atoms with Gasteiger partial charge in [-0.05, 0) is 19.1 Å². The molecule has 1 atom stereocenters. The number of nitrogen functional groups attached to an aromatic ring is 1. The minimum absolute atomic E-state index is 0.0307. The molecular formula is C12H15N5. The average Bonchev–Trinajstić information content (AvgIpc) is 2.74. The average molecular weight is 229 g/mol. The molecule has 0 saturated heterocycles. The topological polar surface area (TPSA) is 81.7 Å². The number of hydrogen-bond donors (Lipinski definition) is 2. The Labute approximate surface area is 99.8 Å². The van der Waals surface area contributed by atoms with Crippen molar-refractivity contribution < 1.29 is 0 Å². The van der Waals surface area contributed by atoms with E-state index in [1.807, 2.05) is 31.0 Å². The summed E-state index contributed by atoms with van der Waals surface area (Å²) >= 11 is 0. The van der Waals surface area contributed by atoms with Gasteiger partial charge in [0.1, 0.15) is 0 Å². The van der Waals surface area contributed by atoms with Crippen molar-refractivity contribution in [2.24, 2.45) is 5.92 Å². The minimum atomic E-state index is -0.0307. The van der Waals surface area contributed by atoms with E-state index in [1.165, 1.54) is 0 Å². The van der Waals surface area contributed by atoms with Gasteiger partial charge >= 0.3 is 0 Å². The van der Waals surface area contributed by atoms with Gasteiger partial charge in [-0.1, -0.05) is 0 Å². The zero-order chi connectivity index (χ0) is 12.4. The van der Waals surface area contributed by atoms with Crippen LogP contribution in [0.2, 0.25) is 0 Å². The number of nitriles is 1. The summed E-state index contributed by atoms with van der Waals surface area (Å²) in [5.41, 5.74) is 8.57. The molecule has 1 heterocycles. The molecule has 1 aromatic carbocycles. The van der Waals surface area contributed by atoms with Crippen LogP contribution in [0.25, 0.3) is 10.9 Å². The molecular weight excluding hydrogens is 214 g/mol. The summed E-state index contributed by atoms with van der Waals surface area (Å²) in [6.07, 6.45) is 1.74. The lowest BCUT2D eigenvalue weighted by atomic mass is 10.1. The zero-order valence-corrected chi connectivity index (χ0v) is 9.94. The van der Waals surface area contributed by atoms with E-state index >= 15 is 0 Å². The fourth-order valence-corrected chi connectivity index (χ4v) is 1.88. The number of nitrogens with one attached hydrogen (secondary N) is 1. The molecule has 0 aliphatic heterocycles. The molecule has 1 unspecified atom stereocenters. The Kier molecular flexibility index (Phi) is 2.88. The van der Waals surface area contributed by atoms with E-state index in [-0.39, 0.29) is 5.92 Å². The van der Waals surface area contributed by atoms with Crippen molar-refractivity contribution in [1.29, 1.82) is 5.26 Å². The monoisotopic (exact) mass is 229 g/mol. The number of hydrogen-bond acceptors (Lipinski definition) is 4. The Morgan fingerprint density at radius 1 is 1.59 bits per heavy atom. The van der Waals surface area contributed by atoms with Crippen molar-refractivity contribution in [3.63, 3.8) is 0 Å². The predicted molar refractivity (Wildman–Crippen MR) is 68.6 cm³/mol. The molecule has 2 rings (SSSR count). The van der Waals surface area contributed by atoms with E-state index in [2.05, 4.69) is 16.3 Å². The van der Waals surface area contributed by atoms with E-state index in [4.69, 9.17) is 11.0 Å². The molecule has 1 aromatic heterocycles. The lowest BCUT2D eigenvalue weighted by Crippen LogP contribution is -2.24. The van der Waals surface area contributed by atoms with Crippen LogP contribution in [0.5, 0.6) is 0 Å². The van der Waals surface area contributed by atoms with Gasteiger partial charge in [0.15, 0.2) is 0 Å². The Morgan fingerprint density at radius 3 is 3.06 bits per heavy atom. The molecule has 3 N–H and O–H groups in total. The van der Waals surface area contributed by atoms with Crippen LogP contribution in [0.4, 0.5) is 11.4 Å². The minimum Gasteiger partial charge on any atom is -0.397 e. The van der Waals surface area contributed by atoms with Crippen LogP contribution in [0.1, 0.15) is 6.92 Å². The molecule has 0 amide bonds. The second-order valence-electron chi connectivity index (χ2n) is 4.28. The van der Waals surface area contributed by atoms with Gasteiger partial charge in [0, 0.05) is 19.0 Å². The van der Waals surface area contributed by atoms with Crippen molar-refractivity contribution in [2.45, 2.75) is 6.92 Å². The van der Waals surface area contributed by atoms with Crippen LogP contribution in [0.15, 0.2) is 18.3 Å². The van der Waals surface area contributed by atoms with Crippen molar-refractivity contribution in [3.05, 3.63) is 18.3 Å². The standard InChI is InChI=1S/C12H15N5/c1-8(5-13)7-17(2)12-4-11-9(3-10(12)14)6-15-16-11/h3-4,6,8H,7,14H2,1-2H3,(H,15,16). The third-order valence-corrected chi connectivity index (χ3v) is 2.77. The number of anilines is 2. The van der Waals surface area contributed by atoms with Gasteiger partial charge in [-0.3, -0.25) is 5.10 Å². The summed E-state index contributed by atoms with van der Waals surface area (Å²) in [6.45, 7) is 2.54. The summed E-state index contributed by atoms with van der Waals surface area (Å²) in [7, 11) is 1.93. The largest absolute Gasteiger partial charge is 0.397 e. The van der Waals surface area contributed by atoms with Crippen molar-refractivity contribution in [3.8, 4) is 6.07 Å². The molecule has 5 heteroatoms. The third kappa shape index (κ3) is 2.16. The summed E-state index contributed by atoms with van der Waals surface area (Å²) in [4.78, 5) is 1.99. The highest BCUT2D eigenvalue weighted by Gasteiger charge is 2.10. The van der Waals surface area contributed by atoms with Crippen molar-refractivity contribution in [1.82, 2.24) is 10.2 Å². The highest BCUT2D eigenvalue weighted by molar-refractivity contribution is 5.88. The first-order chi connectivity index (χ1) is 8.11. The smallest absolute Gasteiger partial charge is 0.0672 e. The number of H-pyrrole nitrogens is 1. The number of aromatic nitrogens is 2. The number of fused-ring (bicyclic) bond motifs is 1. The number of benzene rings is 1. The summed E-state index contributed by atoms with van der Waals surface area (Å²) in [6, 6.07) is 6.07. The van der Waals surface area contributed by atoms with Crippen LogP contribution in [-0.2, 0) is 0 Å². The Balaban J connectivity index is 2.34. The highest BCUT2D eigenvalue weighted by atomic mass is 15.1. The molecule has 0 aliphatic carbocycles. The third-order valence-electron chi connectivity index (χ3n) is 2.77. The van der Waals surface area contributed by atoms with Crippen molar-refractivity contribution in [2.75, 3.05) is 24.2 Å². The Morgan fingerprint density at radius 2 is 2.35 bits per heavy atom. The lowest BCUT2D eigenvalue weighted by molar-refractivity contribution is 0.717. The maximum absolute atomic E-state index is 8.81. The quantitative estimate of drug-likeness (QED) is 0.785. The van der Waals surface area contributed by atoms with E-state index < -0.39 is 0 Å². The van der Waals surface area contributed by atoms with Crippen LogP contribution in [0.3, 0.4) is 0 Å². The first-order valence-corrected chi connectivity index (χ1v) is 5.45. The molecule has 5 nitrogen and oxygen atoms in total. The van der Waals surface area contributed by atoms with E-state index in [0.29, 0.717) is 12.2 Å². The van der Waals surface area contributed by atoms with Crippen LogP contribution in [0, 0.1) is 17.2 Å². The molecule has 0 bridgehead atoms. The van der Waals surface area contributed by atoms with Crippen molar-refractivity contribution >= 4 is 22.3 Å². The summed E-state index contributed by atoms with van der Waals surface area (Å²) in [5, 5.41) is 16.7. The van der Waals surface area contributed by atoms with Crippen LogP contribution >= 0.6 is 0 Å². The van der Waals surface area contributed by atoms with E-state index in [9.17, 15) is 0 Å². The van der Waals surface area contributed by atoms with Crippen LogP contribution in [-0.4, -0.2) is 23.8 Å². The van der Waals surface area contributed by atoms with Gasteiger partial charge in [-0.15, -0.1) is 0 Å².